The molecule has 0 saturated heterocycles. The molecule has 0 spiro atoms. The van der Waals surface area contributed by atoms with Crippen molar-refractivity contribution in [2.75, 3.05) is 0 Å². The van der Waals surface area contributed by atoms with Crippen molar-refractivity contribution in [3.05, 3.63) is 39.0 Å². The molecule has 0 aliphatic rings. The monoisotopic (exact) mass is 311 g/mol. The van der Waals surface area contributed by atoms with Crippen LogP contribution in [0.1, 0.15) is 31.5 Å². The minimum absolute atomic E-state index is 0.110. The summed E-state index contributed by atoms with van der Waals surface area (Å²) in [6.45, 7) is 6.21. The van der Waals surface area contributed by atoms with Gasteiger partial charge >= 0.3 is 0 Å². The first-order valence-electron chi connectivity index (χ1n) is 5.61. The Balaban J connectivity index is 2.43. The standard InChI is InChI=1S/C11H14BrN5O/c1-7(2)17-10(14-6-15-17)5-16-8(3)13-4-9(12)11(16)18/h4,6-7H,5H2,1-3H3. The molecular weight excluding hydrogens is 298 g/mol. The van der Waals surface area contributed by atoms with Crippen molar-refractivity contribution in [2.45, 2.75) is 33.4 Å². The fraction of sp³-hybridized carbons (Fsp3) is 0.455. The van der Waals surface area contributed by atoms with Crippen LogP contribution in [0.15, 0.2) is 21.8 Å². The van der Waals surface area contributed by atoms with Crippen LogP contribution in [-0.2, 0) is 6.54 Å². The molecule has 0 aliphatic heterocycles. The Hall–Kier alpha value is -1.50. The van der Waals surface area contributed by atoms with Crippen molar-refractivity contribution in [3.8, 4) is 0 Å². The molecule has 0 amide bonds. The lowest BCUT2D eigenvalue weighted by molar-refractivity contribution is 0.490. The van der Waals surface area contributed by atoms with E-state index in [0.717, 1.165) is 5.82 Å². The van der Waals surface area contributed by atoms with Crippen LogP contribution in [0.25, 0.3) is 0 Å². The first-order chi connectivity index (χ1) is 8.50. The molecule has 0 unspecified atom stereocenters. The smallest absolute Gasteiger partial charge is 0.268 e. The Labute approximate surface area is 113 Å². The van der Waals surface area contributed by atoms with Crippen LogP contribution in [0.3, 0.4) is 0 Å². The second-order valence-corrected chi connectivity index (χ2v) is 5.11. The van der Waals surface area contributed by atoms with Gasteiger partial charge in [-0.2, -0.15) is 5.10 Å². The maximum atomic E-state index is 12.0. The molecule has 0 saturated carbocycles. The zero-order chi connectivity index (χ0) is 13.3. The van der Waals surface area contributed by atoms with Crippen molar-refractivity contribution >= 4 is 15.9 Å². The normalized spacial score (nSPS) is 11.2. The number of aryl methyl sites for hydroxylation is 1. The molecule has 2 rings (SSSR count). The number of rotatable bonds is 3. The Kier molecular flexibility index (Phi) is 3.60. The summed E-state index contributed by atoms with van der Waals surface area (Å²) in [6, 6.07) is 0.207. The summed E-state index contributed by atoms with van der Waals surface area (Å²) in [7, 11) is 0. The summed E-state index contributed by atoms with van der Waals surface area (Å²) in [5, 5.41) is 4.15. The van der Waals surface area contributed by atoms with Gasteiger partial charge in [0.15, 0.2) is 0 Å². The van der Waals surface area contributed by atoms with Crippen LogP contribution in [0.5, 0.6) is 0 Å². The third kappa shape index (κ3) is 2.35. The predicted octanol–water partition coefficient (Wildman–Crippen LogP) is 1.53. The van der Waals surface area contributed by atoms with E-state index in [4.69, 9.17) is 0 Å². The maximum absolute atomic E-state index is 12.0. The Morgan fingerprint density at radius 1 is 1.39 bits per heavy atom. The van der Waals surface area contributed by atoms with Crippen LogP contribution in [0, 0.1) is 6.92 Å². The van der Waals surface area contributed by atoms with Crippen LogP contribution in [0.2, 0.25) is 0 Å². The quantitative estimate of drug-likeness (QED) is 0.862. The predicted molar refractivity (Wildman–Crippen MR) is 70.4 cm³/mol. The molecule has 6 nitrogen and oxygen atoms in total. The SMILES string of the molecule is Cc1ncc(Br)c(=O)n1Cc1ncnn1C(C)C. The number of nitrogens with zero attached hydrogens (tertiary/aromatic N) is 5. The van der Waals surface area contributed by atoms with E-state index in [-0.39, 0.29) is 11.6 Å². The third-order valence-electron chi connectivity index (χ3n) is 2.64. The third-order valence-corrected chi connectivity index (χ3v) is 3.18. The van der Waals surface area contributed by atoms with Crippen molar-refractivity contribution < 1.29 is 0 Å². The lowest BCUT2D eigenvalue weighted by atomic mass is 10.4. The molecule has 2 aromatic rings. The molecule has 18 heavy (non-hydrogen) atoms. The molecule has 2 heterocycles. The fourth-order valence-electron chi connectivity index (χ4n) is 1.70. The van der Waals surface area contributed by atoms with Gasteiger partial charge in [0, 0.05) is 12.2 Å². The minimum atomic E-state index is -0.110. The van der Waals surface area contributed by atoms with E-state index in [2.05, 4.69) is 31.0 Å². The van der Waals surface area contributed by atoms with Gasteiger partial charge in [-0.1, -0.05) is 0 Å². The Morgan fingerprint density at radius 2 is 2.11 bits per heavy atom. The first-order valence-corrected chi connectivity index (χ1v) is 6.40. The number of aromatic nitrogens is 5. The van der Waals surface area contributed by atoms with E-state index in [0.29, 0.717) is 16.8 Å². The first kappa shape index (κ1) is 12.9. The summed E-state index contributed by atoms with van der Waals surface area (Å²) in [5.41, 5.74) is -0.110. The summed E-state index contributed by atoms with van der Waals surface area (Å²) in [6.07, 6.45) is 3.02. The molecule has 0 fully saturated rings. The highest BCUT2D eigenvalue weighted by Crippen LogP contribution is 2.08. The van der Waals surface area contributed by atoms with Gasteiger partial charge in [-0.3, -0.25) is 9.36 Å². The van der Waals surface area contributed by atoms with E-state index in [9.17, 15) is 4.79 Å². The zero-order valence-corrected chi connectivity index (χ0v) is 12.0. The molecule has 0 atom stereocenters. The average Bonchev–Trinajstić information content (AvgIpc) is 2.78. The molecule has 0 aliphatic carbocycles. The topological polar surface area (TPSA) is 65.6 Å². The van der Waals surface area contributed by atoms with Gasteiger partial charge in [0.2, 0.25) is 0 Å². The molecule has 0 N–H and O–H groups in total. The van der Waals surface area contributed by atoms with Crippen LogP contribution in [0.4, 0.5) is 0 Å². The van der Waals surface area contributed by atoms with Gasteiger partial charge in [0.05, 0.1) is 6.54 Å². The summed E-state index contributed by atoms with van der Waals surface area (Å²) in [4.78, 5) is 20.4. The largest absolute Gasteiger partial charge is 0.288 e. The Bertz CT molecular complexity index is 616. The summed E-state index contributed by atoms with van der Waals surface area (Å²) < 4.78 is 3.82. The molecule has 0 radical (unpaired) electrons. The second kappa shape index (κ2) is 5.01. The van der Waals surface area contributed by atoms with Crippen molar-refractivity contribution in [1.82, 2.24) is 24.3 Å². The summed E-state index contributed by atoms with van der Waals surface area (Å²) >= 11 is 3.19. The van der Waals surface area contributed by atoms with Gasteiger partial charge in [0.25, 0.3) is 5.56 Å². The van der Waals surface area contributed by atoms with Gasteiger partial charge in [0.1, 0.15) is 22.4 Å². The highest BCUT2D eigenvalue weighted by atomic mass is 79.9. The van der Waals surface area contributed by atoms with Crippen molar-refractivity contribution in [3.63, 3.8) is 0 Å². The van der Waals surface area contributed by atoms with Gasteiger partial charge in [-0.05, 0) is 36.7 Å². The van der Waals surface area contributed by atoms with E-state index >= 15 is 0 Å². The van der Waals surface area contributed by atoms with Crippen LogP contribution < -0.4 is 5.56 Å². The fourth-order valence-corrected chi connectivity index (χ4v) is 2.01. The van der Waals surface area contributed by atoms with Gasteiger partial charge < -0.3 is 0 Å². The molecule has 0 bridgehead atoms. The second-order valence-electron chi connectivity index (χ2n) is 4.26. The number of hydrogen-bond acceptors (Lipinski definition) is 4. The highest BCUT2D eigenvalue weighted by Gasteiger charge is 2.12. The minimum Gasteiger partial charge on any atom is -0.288 e. The molecule has 2 aromatic heterocycles. The van der Waals surface area contributed by atoms with Gasteiger partial charge in [-0.15, -0.1) is 0 Å². The number of halogens is 1. The molecule has 96 valence electrons. The number of hydrogen-bond donors (Lipinski definition) is 0. The highest BCUT2D eigenvalue weighted by molar-refractivity contribution is 9.10. The Morgan fingerprint density at radius 3 is 2.78 bits per heavy atom. The molecular formula is C11H14BrN5O. The van der Waals surface area contributed by atoms with Crippen LogP contribution in [-0.4, -0.2) is 24.3 Å². The average molecular weight is 312 g/mol. The zero-order valence-electron chi connectivity index (χ0n) is 10.5. The van der Waals surface area contributed by atoms with Gasteiger partial charge in [-0.25, -0.2) is 14.6 Å². The molecule has 0 aromatic carbocycles. The van der Waals surface area contributed by atoms with Crippen molar-refractivity contribution in [1.29, 1.82) is 0 Å². The van der Waals surface area contributed by atoms with E-state index in [1.807, 2.05) is 13.8 Å². The maximum Gasteiger partial charge on any atom is 0.268 e. The van der Waals surface area contributed by atoms with Crippen LogP contribution >= 0.6 is 15.9 Å². The summed E-state index contributed by atoms with van der Waals surface area (Å²) in [5.74, 6) is 1.40. The lowest BCUT2D eigenvalue weighted by Gasteiger charge is -2.12. The van der Waals surface area contributed by atoms with Crippen molar-refractivity contribution in [2.24, 2.45) is 0 Å². The van der Waals surface area contributed by atoms with E-state index < -0.39 is 0 Å². The lowest BCUT2D eigenvalue weighted by Crippen LogP contribution is -2.26. The van der Waals surface area contributed by atoms with E-state index in [1.54, 1.807) is 16.2 Å². The van der Waals surface area contributed by atoms with E-state index in [1.165, 1.54) is 12.5 Å². The molecule has 7 heteroatoms.